The van der Waals surface area contributed by atoms with E-state index in [2.05, 4.69) is 10.1 Å². The molecule has 11 heavy (non-hydrogen) atoms. The summed E-state index contributed by atoms with van der Waals surface area (Å²) >= 11 is 0. The standard InChI is InChI=1S/C8H6N2O/c1-2-7(6-9-4-1)8-3-5-10-11-8/h1-6H. The highest BCUT2D eigenvalue weighted by molar-refractivity contribution is 5.54. The lowest BCUT2D eigenvalue weighted by Crippen LogP contribution is -1.73. The molecule has 3 nitrogen and oxygen atoms in total. The predicted octanol–water partition coefficient (Wildman–Crippen LogP) is 1.74. The Bertz CT molecular complexity index is 315. The Morgan fingerprint density at radius 3 is 2.82 bits per heavy atom. The van der Waals surface area contributed by atoms with E-state index in [-0.39, 0.29) is 0 Å². The van der Waals surface area contributed by atoms with Crippen LogP contribution in [-0.2, 0) is 0 Å². The molecule has 0 saturated heterocycles. The van der Waals surface area contributed by atoms with Gasteiger partial charge in [0.05, 0.1) is 6.20 Å². The summed E-state index contributed by atoms with van der Waals surface area (Å²) in [6.45, 7) is 0. The van der Waals surface area contributed by atoms with Crippen molar-refractivity contribution in [1.29, 1.82) is 0 Å². The molecule has 2 heterocycles. The molecule has 0 aromatic carbocycles. The first-order valence-electron chi connectivity index (χ1n) is 3.28. The first-order chi connectivity index (χ1) is 5.47. The zero-order valence-electron chi connectivity index (χ0n) is 5.77. The second-order valence-electron chi connectivity index (χ2n) is 2.12. The van der Waals surface area contributed by atoms with Gasteiger partial charge in [-0.2, -0.15) is 0 Å². The van der Waals surface area contributed by atoms with Gasteiger partial charge in [0, 0.05) is 24.0 Å². The lowest BCUT2D eigenvalue weighted by Gasteiger charge is -1.90. The molecule has 2 aromatic heterocycles. The number of pyridine rings is 1. The molecule has 54 valence electrons. The summed E-state index contributed by atoms with van der Waals surface area (Å²) in [6.07, 6.45) is 5.07. The zero-order chi connectivity index (χ0) is 7.52. The number of nitrogens with zero attached hydrogens (tertiary/aromatic N) is 2. The topological polar surface area (TPSA) is 38.9 Å². The van der Waals surface area contributed by atoms with E-state index < -0.39 is 0 Å². The van der Waals surface area contributed by atoms with Gasteiger partial charge in [0.25, 0.3) is 0 Å². The average molecular weight is 146 g/mol. The van der Waals surface area contributed by atoms with Crippen molar-refractivity contribution < 1.29 is 4.52 Å². The van der Waals surface area contributed by atoms with Crippen LogP contribution in [0.15, 0.2) is 41.3 Å². The van der Waals surface area contributed by atoms with Gasteiger partial charge in [0.15, 0.2) is 5.76 Å². The summed E-state index contributed by atoms with van der Waals surface area (Å²) in [5, 5.41) is 3.60. The van der Waals surface area contributed by atoms with E-state index >= 15 is 0 Å². The third-order valence-corrected chi connectivity index (χ3v) is 1.38. The van der Waals surface area contributed by atoms with Crippen LogP contribution in [0.1, 0.15) is 0 Å². The lowest BCUT2D eigenvalue weighted by molar-refractivity contribution is 0.432. The van der Waals surface area contributed by atoms with E-state index in [0.29, 0.717) is 0 Å². The van der Waals surface area contributed by atoms with Gasteiger partial charge in [-0.1, -0.05) is 5.16 Å². The molecule has 2 aromatic rings. The normalized spacial score (nSPS) is 9.82. The molecule has 0 aliphatic rings. The van der Waals surface area contributed by atoms with E-state index in [9.17, 15) is 0 Å². The maximum Gasteiger partial charge on any atom is 0.168 e. The zero-order valence-corrected chi connectivity index (χ0v) is 5.77. The van der Waals surface area contributed by atoms with Crippen LogP contribution >= 0.6 is 0 Å². The Morgan fingerprint density at radius 2 is 2.18 bits per heavy atom. The van der Waals surface area contributed by atoms with Gasteiger partial charge < -0.3 is 4.52 Å². The van der Waals surface area contributed by atoms with Crippen molar-refractivity contribution in [2.45, 2.75) is 0 Å². The van der Waals surface area contributed by atoms with Gasteiger partial charge >= 0.3 is 0 Å². The Morgan fingerprint density at radius 1 is 1.18 bits per heavy atom. The fourth-order valence-corrected chi connectivity index (χ4v) is 0.873. The first-order valence-corrected chi connectivity index (χ1v) is 3.28. The quantitative estimate of drug-likeness (QED) is 0.615. The van der Waals surface area contributed by atoms with Gasteiger partial charge in [-0.15, -0.1) is 0 Å². The predicted molar refractivity (Wildman–Crippen MR) is 39.7 cm³/mol. The van der Waals surface area contributed by atoms with Crippen molar-refractivity contribution in [3.63, 3.8) is 0 Å². The Kier molecular flexibility index (Phi) is 1.41. The molecule has 0 radical (unpaired) electrons. The SMILES string of the molecule is c1cncc(-c2ccno2)c1. The number of hydrogen-bond acceptors (Lipinski definition) is 3. The molecule has 0 atom stereocenters. The van der Waals surface area contributed by atoms with E-state index in [1.165, 1.54) is 0 Å². The van der Waals surface area contributed by atoms with Gasteiger partial charge in [0.1, 0.15) is 0 Å². The van der Waals surface area contributed by atoms with Crippen LogP contribution in [0.3, 0.4) is 0 Å². The molecule has 0 fully saturated rings. The molecular formula is C8H6N2O. The summed E-state index contributed by atoms with van der Waals surface area (Å²) in [4.78, 5) is 3.95. The minimum atomic E-state index is 0.748. The second kappa shape index (κ2) is 2.54. The van der Waals surface area contributed by atoms with Crippen molar-refractivity contribution in [3.8, 4) is 11.3 Å². The lowest BCUT2D eigenvalue weighted by atomic mass is 10.2. The minimum Gasteiger partial charge on any atom is -0.356 e. The van der Waals surface area contributed by atoms with Gasteiger partial charge in [-0.05, 0) is 12.1 Å². The molecule has 3 heteroatoms. The van der Waals surface area contributed by atoms with E-state index in [1.54, 1.807) is 24.7 Å². The van der Waals surface area contributed by atoms with Crippen molar-refractivity contribution in [3.05, 3.63) is 36.8 Å². The molecule has 0 aliphatic carbocycles. The van der Waals surface area contributed by atoms with E-state index in [4.69, 9.17) is 4.52 Å². The summed E-state index contributed by atoms with van der Waals surface area (Å²) in [5.74, 6) is 0.748. The monoisotopic (exact) mass is 146 g/mol. The Labute approximate surface area is 63.7 Å². The van der Waals surface area contributed by atoms with Gasteiger partial charge in [-0.3, -0.25) is 4.98 Å². The molecule has 0 amide bonds. The first kappa shape index (κ1) is 6.09. The summed E-state index contributed by atoms with van der Waals surface area (Å²) in [7, 11) is 0. The highest BCUT2D eigenvalue weighted by atomic mass is 16.5. The molecule has 0 aliphatic heterocycles. The highest BCUT2D eigenvalue weighted by Crippen LogP contribution is 2.15. The van der Waals surface area contributed by atoms with Crippen molar-refractivity contribution >= 4 is 0 Å². The van der Waals surface area contributed by atoms with Gasteiger partial charge in [0.2, 0.25) is 0 Å². The summed E-state index contributed by atoms with van der Waals surface area (Å²) in [6, 6.07) is 5.59. The van der Waals surface area contributed by atoms with Gasteiger partial charge in [-0.25, -0.2) is 0 Å². The van der Waals surface area contributed by atoms with E-state index in [1.807, 2.05) is 12.1 Å². The summed E-state index contributed by atoms with van der Waals surface area (Å²) in [5.41, 5.74) is 0.949. The fourth-order valence-electron chi connectivity index (χ4n) is 0.873. The minimum absolute atomic E-state index is 0.748. The molecular weight excluding hydrogens is 140 g/mol. The molecule has 0 N–H and O–H groups in total. The van der Waals surface area contributed by atoms with Crippen LogP contribution in [0.5, 0.6) is 0 Å². The van der Waals surface area contributed by atoms with Crippen LogP contribution in [0.4, 0.5) is 0 Å². The maximum absolute atomic E-state index is 4.93. The van der Waals surface area contributed by atoms with Crippen LogP contribution in [0, 0.1) is 0 Å². The van der Waals surface area contributed by atoms with Crippen molar-refractivity contribution in [1.82, 2.24) is 10.1 Å². The molecule has 0 unspecified atom stereocenters. The van der Waals surface area contributed by atoms with E-state index in [0.717, 1.165) is 11.3 Å². The average Bonchev–Trinajstić information content (AvgIpc) is 2.58. The third kappa shape index (κ3) is 1.12. The number of rotatable bonds is 1. The third-order valence-electron chi connectivity index (χ3n) is 1.38. The largest absolute Gasteiger partial charge is 0.356 e. The Hall–Kier alpha value is -1.64. The molecule has 0 bridgehead atoms. The number of hydrogen-bond donors (Lipinski definition) is 0. The van der Waals surface area contributed by atoms with Crippen LogP contribution in [0.25, 0.3) is 11.3 Å². The van der Waals surface area contributed by atoms with Crippen molar-refractivity contribution in [2.75, 3.05) is 0 Å². The highest BCUT2D eigenvalue weighted by Gasteiger charge is 1.98. The smallest absolute Gasteiger partial charge is 0.168 e. The maximum atomic E-state index is 4.93. The summed E-state index contributed by atoms with van der Waals surface area (Å²) < 4.78 is 4.93. The fraction of sp³-hybridized carbons (Fsp3) is 0. The molecule has 2 rings (SSSR count). The second-order valence-corrected chi connectivity index (χ2v) is 2.12. The Balaban J connectivity index is 2.46. The van der Waals surface area contributed by atoms with Crippen LogP contribution < -0.4 is 0 Å². The van der Waals surface area contributed by atoms with Crippen molar-refractivity contribution in [2.24, 2.45) is 0 Å². The molecule has 0 spiro atoms. The van der Waals surface area contributed by atoms with Crippen LogP contribution in [-0.4, -0.2) is 10.1 Å². The van der Waals surface area contributed by atoms with Crippen LogP contribution in [0.2, 0.25) is 0 Å². The number of aromatic nitrogens is 2. The molecule has 0 saturated carbocycles.